The molecular formula is C12H23N3. The molecule has 0 spiro atoms. The molecule has 3 heteroatoms. The van der Waals surface area contributed by atoms with Crippen molar-refractivity contribution in [1.29, 1.82) is 0 Å². The summed E-state index contributed by atoms with van der Waals surface area (Å²) in [5.74, 6) is 0. The molecule has 0 fully saturated rings. The quantitative estimate of drug-likeness (QED) is 0.810. The zero-order valence-electron chi connectivity index (χ0n) is 10.3. The van der Waals surface area contributed by atoms with E-state index in [9.17, 15) is 0 Å². The summed E-state index contributed by atoms with van der Waals surface area (Å²) in [6, 6.07) is 0.0770. The van der Waals surface area contributed by atoms with Crippen molar-refractivity contribution in [2.75, 3.05) is 0 Å². The van der Waals surface area contributed by atoms with E-state index < -0.39 is 0 Å². The third kappa shape index (κ3) is 2.81. The molecule has 15 heavy (non-hydrogen) atoms. The summed E-state index contributed by atoms with van der Waals surface area (Å²) in [4.78, 5) is 0. The molecule has 0 aromatic carbocycles. The van der Waals surface area contributed by atoms with Crippen LogP contribution in [0, 0.1) is 5.41 Å². The smallest absolute Gasteiger partial charge is 0.0537 e. The van der Waals surface area contributed by atoms with Gasteiger partial charge in [0.05, 0.1) is 6.20 Å². The second-order valence-electron chi connectivity index (χ2n) is 4.86. The molecule has 1 aromatic rings. The molecule has 0 aliphatic carbocycles. The number of nitrogens with two attached hydrogens (primary N) is 1. The number of nitrogens with zero attached hydrogens (tertiary/aromatic N) is 2. The molecule has 0 radical (unpaired) electrons. The van der Waals surface area contributed by atoms with Crippen LogP contribution in [-0.2, 0) is 6.54 Å². The van der Waals surface area contributed by atoms with E-state index in [-0.39, 0.29) is 11.5 Å². The van der Waals surface area contributed by atoms with Gasteiger partial charge in [0.15, 0.2) is 0 Å². The Labute approximate surface area is 92.7 Å². The van der Waals surface area contributed by atoms with Gasteiger partial charge in [-0.05, 0) is 18.3 Å². The number of hydrogen-bond acceptors (Lipinski definition) is 2. The first kappa shape index (κ1) is 12.2. The minimum Gasteiger partial charge on any atom is -0.323 e. The summed E-state index contributed by atoms with van der Waals surface area (Å²) in [6.07, 6.45) is 6.16. The molecule has 0 aliphatic heterocycles. The minimum atomic E-state index is 0.0770. The van der Waals surface area contributed by atoms with Crippen molar-refractivity contribution in [3.63, 3.8) is 0 Å². The summed E-state index contributed by atoms with van der Waals surface area (Å²) in [5, 5.41) is 4.31. The lowest BCUT2D eigenvalue weighted by Gasteiger charge is -2.29. The van der Waals surface area contributed by atoms with Crippen LogP contribution in [0.3, 0.4) is 0 Å². The molecular weight excluding hydrogens is 186 g/mol. The lowest BCUT2D eigenvalue weighted by Crippen LogP contribution is -2.28. The highest BCUT2D eigenvalue weighted by atomic mass is 15.3. The first-order valence-electron chi connectivity index (χ1n) is 5.79. The summed E-state index contributed by atoms with van der Waals surface area (Å²) >= 11 is 0. The van der Waals surface area contributed by atoms with Crippen LogP contribution in [0.15, 0.2) is 12.4 Å². The van der Waals surface area contributed by atoms with Crippen molar-refractivity contribution in [1.82, 2.24) is 9.78 Å². The maximum atomic E-state index is 6.24. The first-order valence-corrected chi connectivity index (χ1v) is 5.79. The highest BCUT2D eigenvalue weighted by Crippen LogP contribution is 2.33. The predicted octanol–water partition coefficient (Wildman–Crippen LogP) is 2.73. The van der Waals surface area contributed by atoms with Gasteiger partial charge in [0.1, 0.15) is 0 Å². The van der Waals surface area contributed by atoms with Crippen molar-refractivity contribution in [3.8, 4) is 0 Å². The molecule has 1 rings (SSSR count). The summed E-state index contributed by atoms with van der Waals surface area (Å²) in [7, 11) is 0. The number of hydrogen-bond donors (Lipinski definition) is 1. The fourth-order valence-electron chi connectivity index (χ4n) is 1.56. The maximum absolute atomic E-state index is 6.24. The van der Waals surface area contributed by atoms with Gasteiger partial charge >= 0.3 is 0 Å². The van der Waals surface area contributed by atoms with E-state index in [0.717, 1.165) is 24.9 Å². The molecule has 1 aromatic heterocycles. The largest absolute Gasteiger partial charge is 0.323 e. The molecule has 2 N–H and O–H groups in total. The molecule has 0 saturated carbocycles. The molecule has 0 saturated heterocycles. The lowest BCUT2D eigenvalue weighted by molar-refractivity contribution is 0.278. The van der Waals surface area contributed by atoms with E-state index >= 15 is 0 Å². The van der Waals surface area contributed by atoms with Gasteiger partial charge in [-0.1, -0.05) is 27.7 Å². The number of rotatable bonds is 5. The Hall–Kier alpha value is -0.830. The van der Waals surface area contributed by atoms with Gasteiger partial charge in [-0.3, -0.25) is 4.68 Å². The minimum absolute atomic E-state index is 0.0770. The maximum Gasteiger partial charge on any atom is 0.0537 e. The number of aryl methyl sites for hydroxylation is 1. The van der Waals surface area contributed by atoms with E-state index in [2.05, 4.69) is 39.0 Å². The van der Waals surface area contributed by atoms with Gasteiger partial charge in [-0.15, -0.1) is 0 Å². The topological polar surface area (TPSA) is 43.8 Å². The fourth-order valence-corrected chi connectivity index (χ4v) is 1.56. The summed E-state index contributed by atoms with van der Waals surface area (Å²) in [6.45, 7) is 9.70. The predicted molar refractivity (Wildman–Crippen MR) is 63.5 cm³/mol. The van der Waals surface area contributed by atoms with Gasteiger partial charge in [-0.25, -0.2) is 0 Å². The van der Waals surface area contributed by atoms with Crippen molar-refractivity contribution in [2.45, 2.75) is 53.1 Å². The molecule has 1 unspecified atom stereocenters. The highest BCUT2D eigenvalue weighted by Gasteiger charge is 2.26. The Morgan fingerprint density at radius 2 is 2.13 bits per heavy atom. The van der Waals surface area contributed by atoms with Gasteiger partial charge in [-0.2, -0.15) is 5.10 Å². The normalized spacial score (nSPS) is 14.2. The van der Waals surface area contributed by atoms with Gasteiger partial charge < -0.3 is 5.73 Å². The molecule has 0 bridgehead atoms. The van der Waals surface area contributed by atoms with Crippen LogP contribution in [0.2, 0.25) is 0 Å². The van der Waals surface area contributed by atoms with E-state index in [1.165, 1.54) is 0 Å². The Morgan fingerprint density at radius 3 is 2.67 bits per heavy atom. The van der Waals surface area contributed by atoms with Crippen LogP contribution >= 0.6 is 0 Å². The van der Waals surface area contributed by atoms with E-state index in [0.29, 0.717) is 0 Å². The van der Waals surface area contributed by atoms with Crippen LogP contribution in [0.25, 0.3) is 0 Å². The highest BCUT2D eigenvalue weighted by molar-refractivity contribution is 5.12. The van der Waals surface area contributed by atoms with E-state index in [4.69, 9.17) is 5.73 Å². The first-order chi connectivity index (χ1) is 7.01. The van der Waals surface area contributed by atoms with E-state index in [1.807, 2.05) is 10.9 Å². The Bertz CT molecular complexity index is 302. The molecule has 1 atom stereocenters. The second-order valence-corrected chi connectivity index (χ2v) is 4.86. The fraction of sp³-hybridized carbons (Fsp3) is 0.750. The Morgan fingerprint density at radius 1 is 1.47 bits per heavy atom. The zero-order valence-corrected chi connectivity index (χ0v) is 10.3. The average molecular weight is 209 g/mol. The Kier molecular flexibility index (Phi) is 3.91. The number of aromatic nitrogens is 2. The van der Waals surface area contributed by atoms with Crippen molar-refractivity contribution in [2.24, 2.45) is 11.1 Å². The third-order valence-electron chi connectivity index (χ3n) is 3.22. The molecule has 0 amide bonds. The van der Waals surface area contributed by atoms with Crippen LogP contribution in [-0.4, -0.2) is 9.78 Å². The lowest BCUT2D eigenvalue weighted by atomic mass is 9.80. The van der Waals surface area contributed by atoms with E-state index in [1.54, 1.807) is 0 Å². The van der Waals surface area contributed by atoms with Crippen LogP contribution in [0.1, 0.15) is 52.1 Å². The van der Waals surface area contributed by atoms with Crippen LogP contribution in [0.5, 0.6) is 0 Å². The summed E-state index contributed by atoms with van der Waals surface area (Å²) in [5.41, 5.74) is 7.53. The third-order valence-corrected chi connectivity index (χ3v) is 3.22. The van der Waals surface area contributed by atoms with Crippen LogP contribution < -0.4 is 5.73 Å². The molecule has 1 heterocycles. The van der Waals surface area contributed by atoms with Gasteiger partial charge in [0.2, 0.25) is 0 Å². The Balaban J connectivity index is 2.78. The summed E-state index contributed by atoms with van der Waals surface area (Å²) < 4.78 is 1.97. The molecule has 0 aliphatic rings. The standard InChI is InChI=1S/C12H23N3/c1-5-7-15-9-10(8-14-15)11(13)12(3,4)6-2/h8-9,11H,5-7,13H2,1-4H3. The van der Waals surface area contributed by atoms with Crippen molar-refractivity contribution < 1.29 is 0 Å². The van der Waals surface area contributed by atoms with Gasteiger partial charge in [0.25, 0.3) is 0 Å². The van der Waals surface area contributed by atoms with Crippen molar-refractivity contribution >= 4 is 0 Å². The zero-order chi connectivity index (χ0) is 11.5. The van der Waals surface area contributed by atoms with Gasteiger partial charge in [0, 0.05) is 24.3 Å². The molecule has 86 valence electrons. The SMILES string of the molecule is CCCn1cc(C(N)C(C)(C)CC)cn1. The molecule has 3 nitrogen and oxygen atoms in total. The second kappa shape index (κ2) is 4.79. The van der Waals surface area contributed by atoms with Crippen molar-refractivity contribution in [3.05, 3.63) is 18.0 Å². The average Bonchev–Trinajstić information content (AvgIpc) is 2.66. The monoisotopic (exact) mass is 209 g/mol. The van der Waals surface area contributed by atoms with Crippen LogP contribution in [0.4, 0.5) is 0 Å².